The van der Waals surface area contributed by atoms with Crippen LogP contribution in [-0.2, 0) is 14.8 Å². The Kier molecular flexibility index (Phi) is 7.87. The minimum atomic E-state index is -3.59. The van der Waals surface area contributed by atoms with E-state index in [2.05, 4.69) is 46.3 Å². The molecule has 1 aliphatic rings. The van der Waals surface area contributed by atoms with E-state index < -0.39 is 10.0 Å². The second-order valence-electron chi connectivity index (χ2n) is 7.56. The van der Waals surface area contributed by atoms with Crippen LogP contribution in [0.15, 0.2) is 46.0 Å². The maximum absolute atomic E-state index is 12.4. The van der Waals surface area contributed by atoms with Crippen LogP contribution in [0.2, 0.25) is 0 Å². The first-order valence-electron chi connectivity index (χ1n) is 10.2. The molecule has 0 saturated carbocycles. The number of benzene rings is 1. The predicted molar refractivity (Wildman–Crippen MR) is 122 cm³/mol. The molecule has 2 aromatic rings. The van der Waals surface area contributed by atoms with Crippen LogP contribution in [0.4, 0.5) is 5.69 Å². The SMILES string of the molecule is Cc1cccc(N2CCN(CCCNC(=O)CN(C)S(=O)(=O)c3cccs3)CC2)c1. The van der Waals surface area contributed by atoms with E-state index >= 15 is 0 Å². The van der Waals surface area contributed by atoms with Crippen molar-refractivity contribution in [1.82, 2.24) is 14.5 Å². The van der Waals surface area contributed by atoms with Gasteiger partial charge in [-0.15, -0.1) is 11.3 Å². The van der Waals surface area contributed by atoms with Crippen LogP contribution >= 0.6 is 11.3 Å². The Labute approximate surface area is 183 Å². The van der Waals surface area contributed by atoms with E-state index in [1.807, 2.05) is 0 Å². The van der Waals surface area contributed by atoms with Crippen molar-refractivity contribution in [3.8, 4) is 0 Å². The maximum Gasteiger partial charge on any atom is 0.252 e. The van der Waals surface area contributed by atoms with E-state index in [0.29, 0.717) is 6.54 Å². The lowest BCUT2D eigenvalue weighted by Crippen LogP contribution is -2.47. The van der Waals surface area contributed by atoms with Gasteiger partial charge >= 0.3 is 0 Å². The van der Waals surface area contributed by atoms with E-state index in [0.717, 1.165) is 54.8 Å². The van der Waals surface area contributed by atoms with E-state index in [1.54, 1.807) is 17.5 Å². The summed E-state index contributed by atoms with van der Waals surface area (Å²) in [6, 6.07) is 11.8. The second-order valence-corrected chi connectivity index (χ2v) is 10.8. The van der Waals surface area contributed by atoms with Crippen molar-refractivity contribution >= 4 is 33.0 Å². The Balaban J connectivity index is 1.33. The molecule has 164 valence electrons. The van der Waals surface area contributed by atoms with Gasteiger partial charge in [-0.1, -0.05) is 18.2 Å². The number of sulfonamides is 1. The number of amides is 1. The Bertz CT molecular complexity index is 923. The average molecular weight is 451 g/mol. The van der Waals surface area contributed by atoms with E-state index in [9.17, 15) is 13.2 Å². The summed E-state index contributed by atoms with van der Waals surface area (Å²) in [7, 11) is -2.16. The van der Waals surface area contributed by atoms with Crippen LogP contribution in [0.5, 0.6) is 0 Å². The number of hydrogen-bond donors (Lipinski definition) is 1. The highest BCUT2D eigenvalue weighted by molar-refractivity contribution is 7.91. The van der Waals surface area contributed by atoms with Crippen molar-refractivity contribution in [2.75, 3.05) is 57.8 Å². The summed E-state index contributed by atoms with van der Waals surface area (Å²) >= 11 is 1.15. The third-order valence-corrected chi connectivity index (χ3v) is 8.41. The highest BCUT2D eigenvalue weighted by Crippen LogP contribution is 2.19. The van der Waals surface area contributed by atoms with Crippen LogP contribution in [0.3, 0.4) is 0 Å². The average Bonchev–Trinajstić information content (AvgIpc) is 3.27. The molecule has 1 saturated heterocycles. The number of hydrogen-bond acceptors (Lipinski definition) is 6. The molecule has 1 N–H and O–H groups in total. The number of nitrogens with zero attached hydrogens (tertiary/aromatic N) is 3. The molecule has 9 heteroatoms. The summed E-state index contributed by atoms with van der Waals surface area (Å²) in [5.74, 6) is -0.276. The first-order chi connectivity index (χ1) is 14.4. The number of carbonyl (C=O) groups excluding carboxylic acids is 1. The fraction of sp³-hybridized carbons (Fsp3) is 0.476. The number of carbonyl (C=O) groups is 1. The normalized spacial score (nSPS) is 15.5. The van der Waals surface area contributed by atoms with Crippen LogP contribution in [0, 0.1) is 6.92 Å². The molecule has 1 aliphatic heterocycles. The number of rotatable bonds is 9. The highest BCUT2D eigenvalue weighted by Gasteiger charge is 2.23. The number of anilines is 1. The quantitative estimate of drug-likeness (QED) is 0.592. The van der Waals surface area contributed by atoms with Crippen molar-refractivity contribution < 1.29 is 13.2 Å². The van der Waals surface area contributed by atoms with Crippen LogP contribution in [0.25, 0.3) is 0 Å². The molecular weight excluding hydrogens is 420 g/mol. The molecule has 0 unspecified atom stereocenters. The Morgan fingerprint density at radius 1 is 1.17 bits per heavy atom. The highest BCUT2D eigenvalue weighted by atomic mass is 32.2. The maximum atomic E-state index is 12.4. The second kappa shape index (κ2) is 10.4. The van der Waals surface area contributed by atoms with Crippen molar-refractivity contribution in [2.45, 2.75) is 17.6 Å². The van der Waals surface area contributed by atoms with Gasteiger partial charge in [0.15, 0.2) is 0 Å². The first-order valence-corrected chi connectivity index (χ1v) is 12.5. The smallest absolute Gasteiger partial charge is 0.252 e. The molecule has 1 aromatic carbocycles. The number of nitrogens with one attached hydrogen (secondary N) is 1. The van der Waals surface area contributed by atoms with Gasteiger partial charge in [-0.05, 0) is 49.0 Å². The van der Waals surface area contributed by atoms with Gasteiger partial charge in [-0.25, -0.2) is 8.42 Å². The fourth-order valence-corrected chi connectivity index (χ4v) is 5.82. The van der Waals surface area contributed by atoms with E-state index in [-0.39, 0.29) is 16.7 Å². The van der Waals surface area contributed by atoms with Gasteiger partial charge in [0.2, 0.25) is 5.91 Å². The summed E-state index contributed by atoms with van der Waals surface area (Å²) in [4.78, 5) is 16.9. The summed E-state index contributed by atoms with van der Waals surface area (Å²) in [5.41, 5.74) is 2.56. The molecule has 0 bridgehead atoms. The van der Waals surface area contributed by atoms with Crippen molar-refractivity contribution in [1.29, 1.82) is 0 Å². The van der Waals surface area contributed by atoms with Crippen molar-refractivity contribution in [3.63, 3.8) is 0 Å². The predicted octanol–water partition coefficient (Wildman–Crippen LogP) is 2.01. The van der Waals surface area contributed by atoms with Gasteiger partial charge in [0.05, 0.1) is 6.54 Å². The summed E-state index contributed by atoms with van der Waals surface area (Å²) in [6.45, 7) is 7.42. The number of piperazine rings is 1. The lowest BCUT2D eigenvalue weighted by Gasteiger charge is -2.36. The summed E-state index contributed by atoms with van der Waals surface area (Å²) in [6.07, 6.45) is 0.845. The summed E-state index contributed by atoms with van der Waals surface area (Å²) < 4.78 is 26.1. The van der Waals surface area contributed by atoms with E-state index in [1.165, 1.54) is 18.3 Å². The minimum absolute atomic E-state index is 0.171. The molecule has 1 fully saturated rings. The Morgan fingerprint density at radius 3 is 2.60 bits per heavy atom. The number of aryl methyl sites for hydroxylation is 1. The third-order valence-electron chi connectivity index (χ3n) is 5.24. The monoisotopic (exact) mass is 450 g/mol. The Hall–Kier alpha value is -1.94. The molecule has 2 heterocycles. The van der Waals surface area contributed by atoms with Gasteiger partial charge < -0.3 is 10.2 Å². The lowest BCUT2D eigenvalue weighted by molar-refractivity contribution is -0.121. The van der Waals surface area contributed by atoms with Gasteiger partial charge in [0.25, 0.3) is 10.0 Å². The molecule has 1 amide bonds. The molecule has 0 aliphatic carbocycles. The first kappa shape index (κ1) is 22.7. The van der Waals surface area contributed by atoms with E-state index in [4.69, 9.17) is 0 Å². The minimum Gasteiger partial charge on any atom is -0.369 e. The largest absolute Gasteiger partial charge is 0.369 e. The zero-order valence-electron chi connectivity index (χ0n) is 17.6. The zero-order chi connectivity index (χ0) is 21.6. The van der Waals surface area contributed by atoms with Gasteiger partial charge in [-0.3, -0.25) is 9.69 Å². The van der Waals surface area contributed by atoms with Crippen molar-refractivity contribution in [2.24, 2.45) is 0 Å². The molecule has 0 atom stereocenters. The molecular formula is C21H30N4O3S2. The molecule has 0 spiro atoms. The number of likely N-dealkylation sites (N-methyl/N-ethyl adjacent to an activating group) is 1. The van der Waals surface area contributed by atoms with Gasteiger partial charge in [-0.2, -0.15) is 4.31 Å². The standard InChI is InChI=1S/C21H30N4O3S2/c1-18-6-3-7-19(16-18)25-13-11-24(12-14-25)10-5-9-22-20(26)17-23(2)30(27,28)21-8-4-15-29-21/h3-4,6-8,15-16H,5,9-14,17H2,1-2H3,(H,22,26). The molecule has 3 rings (SSSR count). The number of thiophene rings is 1. The summed E-state index contributed by atoms with van der Waals surface area (Å²) in [5, 5.41) is 4.54. The van der Waals surface area contributed by atoms with Crippen LogP contribution in [0.1, 0.15) is 12.0 Å². The third kappa shape index (κ3) is 6.04. The lowest BCUT2D eigenvalue weighted by atomic mass is 10.2. The van der Waals surface area contributed by atoms with Crippen molar-refractivity contribution in [3.05, 3.63) is 47.3 Å². The Morgan fingerprint density at radius 2 is 1.93 bits per heavy atom. The molecule has 1 aromatic heterocycles. The van der Waals surface area contributed by atoms with Gasteiger partial charge in [0, 0.05) is 45.5 Å². The van der Waals surface area contributed by atoms with Gasteiger partial charge in [0.1, 0.15) is 4.21 Å². The molecule has 30 heavy (non-hydrogen) atoms. The fourth-order valence-electron chi connectivity index (χ4n) is 3.49. The molecule has 7 nitrogen and oxygen atoms in total. The van der Waals surface area contributed by atoms with Crippen LogP contribution < -0.4 is 10.2 Å². The topological polar surface area (TPSA) is 73.0 Å². The zero-order valence-corrected chi connectivity index (χ0v) is 19.2. The molecule has 0 radical (unpaired) electrons. The van der Waals surface area contributed by atoms with Crippen LogP contribution in [-0.4, -0.2) is 76.4 Å².